The van der Waals surface area contributed by atoms with E-state index in [9.17, 15) is 0 Å². The van der Waals surface area contributed by atoms with E-state index in [-0.39, 0.29) is 0 Å². The van der Waals surface area contributed by atoms with E-state index in [0.717, 1.165) is 16.7 Å². The highest BCUT2D eigenvalue weighted by atomic mass is 14.0. The number of rotatable bonds is 1. The van der Waals surface area contributed by atoms with E-state index in [1.807, 2.05) is 31.2 Å². The second-order valence-corrected chi connectivity index (χ2v) is 2.47. The summed E-state index contributed by atoms with van der Waals surface area (Å²) in [4.78, 5) is 0. The van der Waals surface area contributed by atoms with Gasteiger partial charge in [-0.3, -0.25) is 0 Å². The first-order valence-corrected chi connectivity index (χ1v) is 3.47. The van der Waals surface area contributed by atoms with Gasteiger partial charge < -0.3 is 0 Å². The predicted octanol–water partition coefficient (Wildman–Crippen LogP) is 2.70. The maximum atomic E-state index is 5.30. The van der Waals surface area contributed by atoms with E-state index >= 15 is 0 Å². The van der Waals surface area contributed by atoms with E-state index in [1.54, 1.807) is 0 Å². The van der Waals surface area contributed by atoms with Crippen LogP contribution < -0.4 is 0 Å². The lowest BCUT2D eigenvalue weighted by Crippen LogP contribution is -1.83. The molecule has 0 atom stereocenters. The van der Waals surface area contributed by atoms with E-state index in [1.165, 1.54) is 0 Å². The second-order valence-electron chi connectivity index (χ2n) is 2.47. The van der Waals surface area contributed by atoms with Gasteiger partial charge in [-0.05, 0) is 24.1 Å². The van der Waals surface area contributed by atoms with E-state index < -0.39 is 0 Å². The zero-order chi connectivity index (χ0) is 8.27. The summed E-state index contributed by atoms with van der Waals surface area (Å²) >= 11 is 0. The molecule has 0 nitrogen and oxygen atoms in total. The smallest absolute Gasteiger partial charge is 0.0317 e. The monoisotopic (exact) mass is 142 g/mol. The van der Waals surface area contributed by atoms with Crippen molar-refractivity contribution < 1.29 is 0 Å². The highest BCUT2D eigenvalue weighted by molar-refractivity contribution is 5.67. The van der Waals surface area contributed by atoms with Crippen molar-refractivity contribution in [3.63, 3.8) is 0 Å². The van der Waals surface area contributed by atoms with Crippen molar-refractivity contribution >= 4 is 5.57 Å². The molecule has 0 aromatic heterocycles. The Morgan fingerprint density at radius 3 is 2.55 bits per heavy atom. The average molecular weight is 142 g/mol. The maximum Gasteiger partial charge on any atom is 0.0317 e. The molecule has 0 heteroatoms. The standard InChI is InChI=1S/C11H10/c1-4-10-7-5-6-8-11(10)9(2)3/h1,5-8H,2H2,3H3. The molecule has 0 radical (unpaired) electrons. The number of benzene rings is 1. The highest BCUT2D eigenvalue weighted by Gasteiger charge is 1.96. The Balaban J connectivity index is 3.26. The van der Waals surface area contributed by atoms with Crippen LogP contribution in [0.2, 0.25) is 0 Å². The third-order valence-corrected chi connectivity index (χ3v) is 1.54. The van der Waals surface area contributed by atoms with Crippen LogP contribution in [0.15, 0.2) is 30.8 Å². The zero-order valence-corrected chi connectivity index (χ0v) is 6.59. The summed E-state index contributed by atoms with van der Waals surface area (Å²) in [6.45, 7) is 5.79. The van der Waals surface area contributed by atoms with Gasteiger partial charge in [-0.1, -0.05) is 30.7 Å². The summed E-state index contributed by atoms with van der Waals surface area (Å²) in [5.74, 6) is 2.62. The molecule has 0 N–H and O–H groups in total. The van der Waals surface area contributed by atoms with Gasteiger partial charge in [-0.15, -0.1) is 6.42 Å². The van der Waals surface area contributed by atoms with Gasteiger partial charge in [0.2, 0.25) is 0 Å². The lowest BCUT2D eigenvalue weighted by Gasteiger charge is -2.01. The Morgan fingerprint density at radius 2 is 2.09 bits per heavy atom. The molecule has 11 heavy (non-hydrogen) atoms. The van der Waals surface area contributed by atoms with Crippen molar-refractivity contribution in [2.24, 2.45) is 0 Å². The Labute approximate surface area is 67.6 Å². The van der Waals surface area contributed by atoms with Crippen LogP contribution >= 0.6 is 0 Å². The largest absolute Gasteiger partial charge is 0.115 e. The van der Waals surface area contributed by atoms with Crippen LogP contribution in [0.5, 0.6) is 0 Å². The summed E-state index contributed by atoms with van der Waals surface area (Å²) in [5.41, 5.74) is 2.99. The van der Waals surface area contributed by atoms with Crippen molar-refractivity contribution in [1.82, 2.24) is 0 Å². The molecule has 1 aromatic carbocycles. The molecule has 0 aliphatic heterocycles. The predicted molar refractivity (Wildman–Crippen MR) is 49.1 cm³/mol. The average Bonchev–Trinajstić information content (AvgIpc) is 2.04. The van der Waals surface area contributed by atoms with Gasteiger partial charge in [0.15, 0.2) is 0 Å². The molecule has 0 aliphatic rings. The van der Waals surface area contributed by atoms with Gasteiger partial charge in [0.1, 0.15) is 0 Å². The van der Waals surface area contributed by atoms with Crippen LogP contribution in [0, 0.1) is 12.3 Å². The SMILES string of the molecule is C#Cc1ccccc1C(=C)C. The van der Waals surface area contributed by atoms with Crippen LogP contribution in [0.25, 0.3) is 5.57 Å². The fraction of sp³-hybridized carbons (Fsp3) is 0.0909. The molecular formula is C11H10. The van der Waals surface area contributed by atoms with Crippen LogP contribution in [0.3, 0.4) is 0 Å². The Bertz CT molecular complexity index is 313. The summed E-state index contributed by atoms with van der Waals surface area (Å²) < 4.78 is 0. The second kappa shape index (κ2) is 3.07. The molecule has 1 aromatic rings. The minimum Gasteiger partial charge on any atom is -0.115 e. The molecule has 0 saturated heterocycles. The van der Waals surface area contributed by atoms with Crippen LogP contribution in [-0.2, 0) is 0 Å². The van der Waals surface area contributed by atoms with Crippen molar-refractivity contribution in [3.05, 3.63) is 42.0 Å². The Hall–Kier alpha value is -1.48. The number of hydrogen-bond acceptors (Lipinski definition) is 0. The van der Waals surface area contributed by atoms with Crippen LogP contribution in [-0.4, -0.2) is 0 Å². The van der Waals surface area contributed by atoms with Crippen molar-refractivity contribution in [3.8, 4) is 12.3 Å². The summed E-state index contributed by atoms with van der Waals surface area (Å²) in [5, 5.41) is 0. The van der Waals surface area contributed by atoms with Gasteiger partial charge in [-0.2, -0.15) is 0 Å². The van der Waals surface area contributed by atoms with Gasteiger partial charge in [-0.25, -0.2) is 0 Å². The fourth-order valence-electron chi connectivity index (χ4n) is 0.981. The van der Waals surface area contributed by atoms with Gasteiger partial charge >= 0.3 is 0 Å². The third-order valence-electron chi connectivity index (χ3n) is 1.54. The first kappa shape index (κ1) is 7.63. The van der Waals surface area contributed by atoms with Crippen molar-refractivity contribution in [2.75, 3.05) is 0 Å². The minimum atomic E-state index is 0.917. The van der Waals surface area contributed by atoms with E-state index in [2.05, 4.69) is 12.5 Å². The molecule has 0 amide bonds. The van der Waals surface area contributed by atoms with Gasteiger partial charge in [0.25, 0.3) is 0 Å². The fourth-order valence-corrected chi connectivity index (χ4v) is 0.981. The number of terminal acetylenes is 1. The quantitative estimate of drug-likeness (QED) is 0.529. The van der Waals surface area contributed by atoms with Crippen LogP contribution in [0.1, 0.15) is 18.1 Å². The first-order valence-electron chi connectivity index (χ1n) is 3.47. The Morgan fingerprint density at radius 1 is 1.45 bits per heavy atom. The normalized spacial score (nSPS) is 8.73. The summed E-state index contributed by atoms with van der Waals surface area (Å²) in [7, 11) is 0. The molecule has 1 rings (SSSR count). The van der Waals surface area contributed by atoms with E-state index in [4.69, 9.17) is 6.42 Å². The molecule has 0 unspecified atom stereocenters. The lowest BCUT2D eigenvalue weighted by molar-refractivity contribution is 1.54. The van der Waals surface area contributed by atoms with Gasteiger partial charge in [0.05, 0.1) is 0 Å². The summed E-state index contributed by atoms with van der Waals surface area (Å²) in [6, 6.07) is 7.80. The maximum absolute atomic E-state index is 5.30. The number of hydrogen-bond donors (Lipinski definition) is 0. The molecule has 0 bridgehead atoms. The van der Waals surface area contributed by atoms with Crippen LogP contribution in [0.4, 0.5) is 0 Å². The molecule has 0 spiro atoms. The minimum absolute atomic E-state index is 0.917. The van der Waals surface area contributed by atoms with E-state index in [0.29, 0.717) is 0 Å². The summed E-state index contributed by atoms with van der Waals surface area (Å²) in [6.07, 6.45) is 5.30. The molecule has 0 heterocycles. The first-order chi connectivity index (χ1) is 5.25. The lowest BCUT2D eigenvalue weighted by atomic mass is 10.0. The molecular weight excluding hydrogens is 132 g/mol. The van der Waals surface area contributed by atoms with Gasteiger partial charge in [0, 0.05) is 5.56 Å². The zero-order valence-electron chi connectivity index (χ0n) is 6.59. The Kier molecular flexibility index (Phi) is 2.13. The molecule has 0 fully saturated rings. The number of allylic oxidation sites excluding steroid dienone is 1. The molecule has 54 valence electrons. The third kappa shape index (κ3) is 1.50. The van der Waals surface area contributed by atoms with Crippen molar-refractivity contribution in [2.45, 2.75) is 6.92 Å². The molecule has 0 aliphatic carbocycles. The molecule has 0 saturated carbocycles. The topological polar surface area (TPSA) is 0 Å². The highest BCUT2D eigenvalue weighted by Crippen LogP contribution is 2.15. The van der Waals surface area contributed by atoms with Crippen molar-refractivity contribution in [1.29, 1.82) is 0 Å².